The smallest absolute Gasteiger partial charge is 0.381 e. The fraction of sp³-hybridized carbons (Fsp3) is 0.765. The topological polar surface area (TPSA) is 75.6 Å². The van der Waals surface area contributed by atoms with Crippen LogP contribution in [-0.2, 0) is 20.9 Å². The Balaban J connectivity index is 1.42. The number of halogens is 3. The van der Waals surface area contributed by atoms with Gasteiger partial charge in [0.25, 0.3) is 0 Å². The van der Waals surface area contributed by atoms with E-state index < -0.39 is 22.0 Å². The van der Waals surface area contributed by atoms with Crippen molar-refractivity contribution in [3.63, 3.8) is 0 Å². The molecule has 0 aromatic carbocycles. The molecule has 3 fully saturated rings. The lowest BCUT2D eigenvalue weighted by molar-refractivity contribution is -0.145. The van der Waals surface area contributed by atoms with Gasteiger partial charge in [-0.05, 0) is 26.2 Å². The maximum absolute atomic E-state index is 12.9. The number of hydrogen-bond acceptors (Lipinski definition) is 6. The highest BCUT2D eigenvalue weighted by Gasteiger charge is 2.55. The highest BCUT2D eigenvalue weighted by molar-refractivity contribution is 7.89. The minimum Gasteiger partial charge on any atom is -0.381 e. The van der Waals surface area contributed by atoms with Crippen LogP contribution >= 0.6 is 0 Å². The molecule has 4 rings (SSSR count). The molecule has 4 heterocycles. The second-order valence-corrected chi connectivity index (χ2v) is 10.1. The lowest BCUT2D eigenvalue weighted by atomic mass is 9.74. The summed E-state index contributed by atoms with van der Waals surface area (Å²) >= 11 is 0. The van der Waals surface area contributed by atoms with Gasteiger partial charge >= 0.3 is 6.18 Å². The molecule has 156 valence electrons. The van der Waals surface area contributed by atoms with Crippen LogP contribution in [-0.4, -0.2) is 73.5 Å². The summed E-state index contributed by atoms with van der Waals surface area (Å²) in [5.74, 6) is -0.765. The predicted octanol–water partition coefficient (Wildman–Crippen LogP) is 1.46. The van der Waals surface area contributed by atoms with Gasteiger partial charge in [0.2, 0.25) is 15.8 Å². The molecule has 0 aliphatic carbocycles. The van der Waals surface area contributed by atoms with Crippen LogP contribution in [0.1, 0.15) is 23.6 Å². The molecule has 7 nitrogen and oxygen atoms in total. The number of alkyl halides is 3. The van der Waals surface area contributed by atoms with Gasteiger partial charge in [0.15, 0.2) is 0 Å². The standard InChI is InChI=1S/C17H23F3N4O3S/c1-11-14(12(2)22-15(21-11)17(18,19)20)28(25,26)24-9-16(10-24)7-23(8-16)5-13-3-4-27-6-13/h13H,3-10H2,1-2H3/t13-/m1/s1. The first-order valence-electron chi connectivity index (χ1n) is 9.23. The number of nitrogens with zero attached hydrogens (tertiary/aromatic N) is 4. The van der Waals surface area contributed by atoms with E-state index >= 15 is 0 Å². The molecule has 11 heteroatoms. The van der Waals surface area contributed by atoms with Gasteiger partial charge in [-0.2, -0.15) is 17.5 Å². The van der Waals surface area contributed by atoms with E-state index in [1.807, 2.05) is 0 Å². The molecule has 0 amide bonds. The third-order valence-electron chi connectivity index (χ3n) is 5.74. The molecule has 1 atom stereocenters. The summed E-state index contributed by atoms with van der Waals surface area (Å²) in [6.07, 6.45) is -3.64. The third kappa shape index (κ3) is 3.42. The van der Waals surface area contributed by atoms with Crippen molar-refractivity contribution in [1.82, 2.24) is 19.2 Å². The number of hydrogen-bond donors (Lipinski definition) is 0. The summed E-state index contributed by atoms with van der Waals surface area (Å²) in [7, 11) is -3.91. The van der Waals surface area contributed by atoms with Gasteiger partial charge in [0, 0.05) is 44.7 Å². The number of aromatic nitrogens is 2. The van der Waals surface area contributed by atoms with Crippen molar-refractivity contribution in [2.75, 3.05) is 45.9 Å². The predicted molar refractivity (Wildman–Crippen MR) is 93.1 cm³/mol. The minimum absolute atomic E-state index is 0.0406. The molecule has 3 aliphatic heterocycles. The Morgan fingerprint density at radius 3 is 2.25 bits per heavy atom. The zero-order chi connectivity index (χ0) is 20.3. The normalized spacial score (nSPS) is 25.7. The number of aryl methyl sites for hydroxylation is 2. The van der Waals surface area contributed by atoms with Crippen LogP contribution < -0.4 is 0 Å². The summed E-state index contributed by atoms with van der Waals surface area (Å²) < 4.78 is 71.1. The van der Waals surface area contributed by atoms with Crippen LogP contribution in [0.2, 0.25) is 0 Å². The molecule has 3 saturated heterocycles. The Hall–Kier alpha value is -1.30. The molecule has 28 heavy (non-hydrogen) atoms. The lowest BCUT2D eigenvalue weighted by Crippen LogP contribution is -2.73. The number of rotatable bonds is 4. The zero-order valence-corrected chi connectivity index (χ0v) is 16.6. The lowest BCUT2D eigenvalue weighted by Gasteiger charge is -2.60. The van der Waals surface area contributed by atoms with Gasteiger partial charge in [-0.1, -0.05) is 0 Å². The first kappa shape index (κ1) is 20.0. The number of sulfonamides is 1. The van der Waals surface area contributed by atoms with Gasteiger partial charge in [-0.3, -0.25) is 0 Å². The van der Waals surface area contributed by atoms with Crippen molar-refractivity contribution < 1.29 is 26.3 Å². The quantitative estimate of drug-likeness (QED) is 0.734. The Morgan fingerprint density at radius 2 is 1.75 bits per heavy atom. The van der Waals surface area contributed by atoms with E-state index in [1.165, 1.54) is 18.2 Å². The van der Waals surface area contributed by atoms with Gasteiger partial charge in [-0.25, -0.2) is 18.4 Å². The first-order valence-corrected chi connectivity index (χ1v) is 10.7. The van der Waals surface area contributed by atoms with Crippen LogP contribution in [0.4, 0.5) is 13.2 Å². The summed E-state index contributed by atoms with van der Waals surface area (Å²) in [4.78, 5) is 8.89. The van der Waals surface area contributed by atoms with Crippen LogP contribution in [0.15, 0.2) is 4.90 Å². The molecule has 0 saturated carbocycles. The van der Waals surface area contributed by atoms with E-state index in [-0.39, 0.29) is 21.7 Å². The first-order chi connectivity index (χ1) is 13.0. The number of likely N-dealkylation sites (tertiary alicyclic amines) is 1. The van der Waals surface area contributed by atoms with Crippen molar-refractivity contribution in [2.24, 2.45) is 11.3 Å². The molecule has 1 aromatic rings. The maximum atomic E-state index is 12.9. The Labute approximate surface area is 161 Å². The molecule has 1 spiro atoms. The fourth-order valence-electron chi connectivity index (χ4n) is 4.53. The van der Waals surface area contributed by atoms with Crippen LogP contribution in [0.5, 0.6) is 0 Å². The van der Waals surface area contributed by atoms with Crippen molar-refractivity contribution in [3.8, 4) is 0 Å². The van der Waals surface area contributed by atoms with Crippen molar-refractivity contribution in [2.45, 2.75) is 31.3 Å². The zero-order valence-electron chi connectivity index (χ0n) is 15.8. The fourth-order valence-corrected chi connectivity index (χ4v) is 6.51. The van der Waals surface area contributed by atoms with Gasteiger partial charge in [0.1, 0.15) is 4.90 Å². The van der Waals surface area contributed by atoms with Crippen molar-refractivity contribution >= 4 is 10.0 Å². The van der Waals surface area contributed by atoms with Gasteiger partial charge < -0.3 is 9.64 Å². The summed E-state index contributed by atoms with van der Waals surface area (Å²) in [6.45, 7) is 7.58. The largest absolute Gasteiger partial charge is 0.451 e. The van der Waals surface area contributed by atoms with Gasteiger partial charge in [-0.15, -0.1) is 0 Å². The van der Waals surface area contributed by atoms with E-state index in [0.717, 1.165) is 39.3 Å². The van der Waals surface area contributed by atoms with E-state index in [0.29, 0.717) is 19.0 Å². The highest BCUT2D eigenvalue weighted by atomic mass is 32.2. The second kappa shape index (κ2) is 6.61. The van der Waals surface area contributed by atoms with Crippen LogP contribution in [0.25, 0.3) is 0 Å². The minimum atomic E-state index is -4.71. The van der Waals surface area contributed by atoms with Crippen molar-refractivity contribution in [3.05, 3.63) is 17.2 Å². The Morgan fingerprint density at radius 1 is 1.14 bits per heavy atom. The molecule has 0 unspecified atom stereocenters. The molecule has 3 aliphatic rings. The summed E-state index contributed by atoms with van der Waals surface area (Å²) in [5, 5.41) is 0. The molecule has 0 radical (unpaired) electrons. The summed E-state index contributed by atoms with van der Waals surface area (Å²) in [5.41, 5.74) is -0.379. The Kier molecular flexibility index (Phi) is 4.72. The number of ether oxygens (including phenoxy) is 1. The van der Waals surface area contributed by atoms with E-state index in [1.54, 1.807) is 0 Å². The van der Waals surface area contributed by atoms with Crippen molar-refractivity contribution in [1.29, 1.82) is 0 Å². The molecular formula is C17H23F3N4O3S. The van der Waals surface area contributed by atoms with Crippen LogP contribution in [0.3, 0.4) is 0 Å². The summed E-state index contributed by atoms with van der Waals surface area (Å²) in [6, 6.07) is 0. The Bertz CT molecular complexity index is 847. The van der Waals surface area contributed by atoms with E-state index in [2.05, 4.69) is 14.9 Å². The molecular weight excluding hydrogens is 397 g/mol. The average molecular weight is 420 g/mol. The monoisotopic (exact) mass is 420 g/mol. The van der Waals surface area contributed by atoms with Crippen LogP contribution in [0, 0.1) is 25.2 Å². The molecule has 0 bridgehead atoms. The highest BCUT2D eigenvalue weighted by Crippen LogP contribution is 2.43. The molecule has 1 aromatic heterocycles. The SMILES string of the molecule is Cc1nc(C(F)(F)F)nc(C)c1S(=O)(=O)N1CC2(CN(C[C@H]3CCOC3)C2)C1. The average Bonchev–Trinajstić information content (AvgIpc) is 2.99. The molecule has 0 N–H and O–H groups in total. The third-order valence-corrected chi connectivity index (χ3v) is 7.78. The van der Waals surface area contributed by atoms with Gasteiger partial charge in [0.05, 0.1) is 18.0 Å². The second-order valence-electron chi connectivity index (χ2n) is 8.22. The van der Waals surface area contributed by atoms with E-state index in [9.17, 15) is 21.6 Å². The van der Waals surface area contributed by atoms with E-state index in [4.69, 9.17) is 4.74 Å². The maximum Gasteiger partial charge on any atom is 0.451 e.